The molecule has 0 bridgehead atoms. The third-order valence-electron chi connectivity index (χ3n) is 3.78. The first-order chi connectivity index (χ1) is 12.5. The number of amides is 1. The van der Waals surface area contributed by atoms with Gasteiger partial charge in [0.15, 0.2) is 10.9 Å². The number of benzene rings is 2. The smallest absolute Gasteiger partial charge is 0.221 e. The van der Waals surface area contributed by atoms with E-state index in [4.69, 9.17) is 0 Å². The summed E-state index contributed by atoms with van der Waals surface area (Å²) >= 11 is 1.39. The van der Waals surface area contributed by atoms with Crippen LogP contribution in [-0.2, 0) is 4.79 Å². The van der Waals surface area contributed by atoms with Crippen molar-refractivity contribution < 1.29 is 9.59 Å². The maximum Gasteiger partial charge on any atom is 0.221 e. The molecule has 0 unspecified atom stereocenters. The van der Waals surface area contributed by atoms with Crippen molar-refractivity contribution in [1.29, 1.82) is 0 Å². The van der Waals surface area contributed by atoms with Gasteiger partial charge in [-0.25, -0.2) is 4.98 Å². The first kappa shape index (κ1) is 17.9. The Kier molecular flexibility index (Phi) is 5.53. The Morgan fingerprint density at radius 2 is 1.77 bits per heavy atom. The van der Waals surface area contributed by atoms with Gasteiger partial charge in [0, 0.05) is 18.2 Å². The first-order valence-electron chi connectivity index (χ1n) is 8.22. The molecule has 1 atom stereocenters. The Morgan fingerprint density at radius 1 is 1.08 bits per heavy atom. The van der Waals surface area contributed by atoms with E-state index >= 15 is 0 Å². The molecule has 1 aromatic heterocycles. The highest BCUT2D eigenvalue weighted by Crippen LogP contribution is 2.26. The van der Waals surface area contributed by atoms with Crippen molar-refractivity contribution in [1.82, 2.24) is 9.97 Å². The van der Waals surface area contributed by atoms with Crippen molar-refractivity contribution in [3.8, 4) is 11.3 Å². The molecular weight excluding hydrogens is 346 g/mol. The van der Waals surface area contributed by atoms with Crippen molar-refractivity contribution in [2.75, 3.05) is 5.32 Å². The quantitative estimate of drug-likeness (QED) is 0.501. The summed E-state index contributed by atoms with van der Waals surface area (Å²) in [5, 5.41) is 3.11. The van der Waals surface area contributed by atoms with Crippen LogP contribution in [0.1, 0.15) is 24.2 Å². The number of thioether (sulfide) groups is 1. The van der Waals surface area contributed by atoms with Gasteiger partial charge in [-0.1, -0.05) is 42.1 Å². The number of imidazole rings is 1. The van der Waals surface area contributed by atoms with Gasteiger partial charge in [-0.3, -0.25) is 9.59 Å². The number of hydrogen-bond donors (Lipinski definition) is 2. The fraction of sp³-hybridized carbons (Fsp3) is 0.150. The molecule has 0 spiro atoms. The molecule has 0 aliphatic carbocycles. The van der Waals surface area contributed by atoms with E-state index in [1.54, 1.807) is 30.5 Å². The minimum absolute atomic E-state index is 0.0158. The molecule has 2 aromatic carbocycles. The zero-order chi connectivity index (χ0) is 18.5. The Bertz CT molecular complexity index is 904. The van der Waals surface area contributed by atoms with Crippen LogP contribution in [0.2, 0.25) is 0 Å². The molecule has 0 fully saturated rings. The minimum Gasteiger partial charge on any atom is -0.333 e. The van der Waals surface area contributed by atoms with Gasteiger partial charge in [0.2, 0.25) is 5.91 Å². The fourth-order valence-electron chi connectivity index (χ4n) is 2.50. The van der Waals surface area contributed by atoms with Crippen LogP contribution in [0.3, 0.4) is 0 Å². The molecule has 26 heavy (non-hydrogen) atoms. The molecule has 0 aliphatic heterocycles. The number of nitrogens with one attached hydrogen (secondary N) is 2. The molecule has 0 radical (unpaired) electrons. The summed E-state index contributed by atoms with van der Waals surface area (Å²) in [7, 11) is 0. The number of nitrogens with zero attached hydrogens (tertiary/aromatic N) is 1. The highest BCUT2D eigenvalue weighted by Gasteiger charge is 2.18. The second-order valence-corrected chi connectivity index (χ2v) is 7.18. The number of hydrogen-bond acceptors (Lipinski definition) is 4. The molecule has 132 valence electrons. The van der Waals surface area contributed by atoms with Crippen LogP contribution in [0, 0.1) is 0 Å². The lowest BCUT2D eigenvalue weighted by molar-refractivity contribution is -0.114. The van der Waals surface area contributed by atoms with Crippen LogP contribution in [0.4, 0.5) is 5.69 Å². The highest BCUT2D eigenvalue weighted by molar-refractivity contribution is 8.00. The monoisotopic (exact) mass is 365 g/mol. The third-order valence-corrected chi connectivity index (χ3v) is 4.78. The van der Waals surface area contributed by atoms with Gasteiger partial charge in [0.1, 0.15) is 0 Å². The molecule has 0 saturated heterocycles. The number of rotatable bonds is 6. The molecule has 1 amide bonds. The van der Waals surface area contributed by atoms with Crippen molar-refractivity contribution >= 4 is 29.1 Å². The minimum atomic E-state index is -0.281. The van der Waals surface area contributed by atoms with Gasteiger partial charge in [-0.2, -0.15) is 0 Å². The first-order valence-corrected chi connectivity index (χ1v) is 9.10. The predicted molar refractivity (Wildman–Crippen MR) is 104 cm³/mol. The predicted octanol–water partition coefficient (Wildman–Crippen LogP) is 4.40. The van der Waals surface area contributed by atoms with Crippen LogP contribution in [0.15, 0.2) is 66.0 Å². The second kappa shape index (κ2) is 8.01. The van der Waals surface area contributed by atoms with Crippen molar-refractivity contribution in [3.63, 3.8) is 0 Å². The topological polar surface area (TPSA) is 74.8 Å². The van der Waals surface area contributed by atoms with Gasteiger partial charge in [-0.05, 0) is 36.8 Å². The maximum atomic E-state index is 12.6. The summed E-state index contributed by atoms with van der Waals surface area (Å²) in [5.74, 6) is -0.123. The van der Waals surface area contributed by atoms with Crippen molar-refractivity contribution in [2.45, 2.75) is 24.3 Å². The summed E-state index contributed by atoms with van der Waals surface area (Å²) in [6, 6.07) is 16.8. The van der Waals surface area contributed by atoms with Crippen molar-refractivity contribution in [2.24, 2.45) is 0 Å². The van der Waals surface area contributed by atoms with Crippen LogP contribution in [0.25, 0.3) is 11.3 Å². The van der Waals surface area contributed by atoms with Crippen molar-refractivity contribution in [3.05, 3.63) is 66.4 Å². The number of carbonyl (C=O) groups excluding carboxylic acids is 2. The van der Waals surface area contributed by atoms with Gasteiger partial charge in [-0.15, -0.1) is 0 Å². The summed E-state index contributed by atoms with van der Waals surface area (Å²) in [6.45, 7) is 3.31. The number of H-pyrrole nitrogens is 1. The molecule has 0 aliphatic rings. The average Bonchev–Trinajstić information content (AvgIpc) is 3.10. The lowest BCUT2D eigenvalue weighted by Crippen LogP contribution is -2.14. The van der Waals surface area contributed by atoms with E-state index < -0.39 is 0 Å². The molecule has 0 saturated carbocycles. The number of aromatic nitrogens is 2. The largest absolute Gasteiger partial charge is 0.333 e. The zero-order valence-electron chi connectivity index (χ0n) is 14.5. The molecule has 5 nitrogen and oxygen atoms in total. The molecule has 3 rings (SSSR count). The van der Waals surface area contributed by atoms with E-state index in [1.807, 2.05) is 37.3 Å². The molecular formula is C20H19N3O2S. The summed E-state index contributed by atoms with van der Waals surface area (Å²) in [6.07, 6.45) is 1.77. The second-order valence-electron chi connectivity index (χ2n) is 5.85. The van der Waals surface area contributed by atoms with Crippen LogP contribution in [-0.4, -0.2) is 26.9 Å². The molecule has 6 heteroatoms. The number of carbonyl (C=O) groups is 2. The summed E-state index contributed by atoms with van der Waals surface area (Å²) in [5.41, 5.74) is 3.26. The number of ketones is 1. The Morgan fingerprint density at radius 3 is 2.42 bits per heavy atom. The normalized spacial score (nSPS) is 11.8. The van der Waals surface area contributed by atoms with E-state index in [1.165, 1.54) is 18.7 Å². The average molecular weight is 365 g/mol. The van der Waals surface area contributed by atoms with Gasteiger partial charge >= 0.3 is 0 Å². The third kappa shape index (κ3) is 4.40. The van der Waals surface area contributed by atoms with E-state index in [9.17, 15) is 9.59 Å². The zero-order valence-corrected chi connectivity index (χ0v) is 15.3. The lowest BCUT2D eigenvalue weighted by Gasteiger charge is -2.09. The fourth-order valence-corrected chi connectivity index (χ4v) is 3.36. The van der Waals surface area contributed by atoms with Crippen LogP contribution < -0.4 is 5.32 Å². The van der Waals surface area contributed by atoms with E-state index in [0.717, 1.165) is 11.3 Å². The SMILES string of the molecule is CC(=O)Nc1ccc(C(=O)[C@@H](C)Sc2ncc(-c3ccccc3)[nH]2)cc1. The number of anilines is 1. The molecule has 3 aromatic rings. The van der Waals surface area contributed by atoms with Gasteiger partial charge < -0.3 is 10.3 Å². The van der Waals surface area contributed by atoms with Crippen LogP contribution in [0.5, 0.6) is 0 Å². The van der Waals surface area contributed by atoms with Crippen LogP contribution >= 0.6 is 11.8 Å². The Balaban J connectivity index is 1.66. The number of aromatic amines is 1. The summed E-state index contributed by atoms with van der Waals surface area (Å²) < 4.78 is 0. The van der Waals surface area contributed by atoms with E-state index in [0.29, 0.717) is 16.4 Å². The van der Waals surface area contributed by atoms with E-state index in [-0.39, 0.29) is 16.9 Å². The van der Waals surface area contributed by atoms with Gasteiger partial charge in [0.25, 0.3) is 0 Å². The van der Waals surface area contributed by atoms with E-state index in [2.05, 4.69) is 15.3 Å². The standard InChI is InChI=1S/C20H19N3O2S/c1-13(19(25)16-8-10-17(11-9-16)22-14(2)24)26-20-21-12-18(23-20)15-6-4-3-5-7-15/h3-13H,1-2H3,(H,21,23)(H,22,24)/t13-/m1/s1. The highest BCUT2D eigenvalue weighted by atomic mass is 32.2. The Hall–Kier alpha value is -2.86. The van der Waals surface area contributed by atoms with Gasteiger partial charge in [0.05, 0.1) is 17.1 Å². The lowest BCUT2D eigenvalue weighted by atomic mass is 10.1. The Labute approximate surface area is 156 Å². The molecule has 2 N–H and O–H groups in total. The number of Topliss-reactive ketones (excluding diaryl/α,β-unsaturated/α-hetero) is 1. The molecule has 1 heterocycles. The maximum absolute atomic E-state index is 12.6. The summed E-state index contributed by atoms with van der Waals surface area (Å²) in [4.78, 5) is 31.3.